The fourth-order valence-electron chi connectivity index (χ4n) is 5.53. The molecule has 3 aliphatic rings. The van der Waals surface area contributed by atoms with E-state index in [9.17, 15) is 14.7 Å². The summed E-state index contributed by atoms with van der Waals surface area (Å²) in [4.78, 5) is 30.6. The summed E-state index contributed by atoms with van der Waals surface area (Å²) >= 11 is 0. The lowest BCUT2D eigenvalue weighted by atomic mass is 9.92. The van der Waals surface area contributed by atoms with E-state index in [0.29, 0.717) is 18.0 Å². The van der Waals surface area contributed by atoms with Crippen LogP contribution in [0.15, 0.2) is 48.0 Å². The summed E-state index contributed by atoms with van der Waals surface area (Å²) in [5.74, 6) is -0.154. The number of Topliss-reactive ketones (excluding diaryl/α,β-unsaturated/α-hetero) is 1. The predicted molar refractivity (Wildman–Crippen MR) is 142 cm³/mol. The number of aliphatic hydroxyl groups is 1. The minimum atomic E-state index is -0.632. The Balaban J connectivity index is 1.49. The third-order valence-electron chi connectivity index (χ3n) is 7.61. The molecule has 1 amide bonds. The maximum absolute atomic E-state index is 13.4. The smallest absolute Gasteiger partial charge is 0.295 e. The number of aliphatic hydroxyl groups excluding tert-OH is 1. The van der Waals surface area contributed by atoms with E-state index in [4.69, 9.17) is 9.47 Å². The topological polar surface area (TPSA) is 79.3 Å². The highest BCUT2D eigenvalue weighted by atomic mass is 16.5. The van der Waals surface area contributed by atoms with Crippen LogP contribution in [-0.2, 0) is 20.7 Å². The Labute approximate surface area is 218 Å². The summed E-state index contributed by atoms with van der Waals surface area (Å²) in [5, 5.41) is 11.4. The second-order valence-corrected chi connectivity index (χ2v) is 10.6. The first-order valence-corrected chi connectivity index (χ1v) is 13.3. The molecule has 0 aliphatic carbocycles. The van der Waals surface area contributed by atoms with Crippen molar-refractivity contribution in [3.8, 4) is 5.75 Å². The van der Waals surface area contributed by atoms with Gasteiger partial charge < -0.3 is 19.5 Å². The van der Waals surface area contributed by atoms with Crippen LogP contribution < -0.4 is 4.74 Å². The van der Waals surface area contributed by atoms with E-state index >= 15 is 0 Å². The first-order valence-electron chi connectivity index (χ1n) is 13.3. The van der Waals surface area contributed by atoms with Crippen LogP contribution in [0.25, 0.3) is 5.76 Å². The predicted octanol–water partition coefficient (Wildman–Crippen LogP) is 4.28. The van der Waals surface area contributed by atoms with Crippen molar-refractivity contribution < 1.29 is 24.2 Å². The second kappa shape index (κ2) is 10.7. The molecule has 196 valence electrons. The zero-order valence-electron chi connectivity index (χ0n) is 21.9. The van der Waals surface area contributed by atoms with E-state index in [1.165, 1.54) is 5.56 Å². The number of nitrogens with zero attached hydrogens (tertiary/aromatic N) is 2. The van der Waals surface area contributed by atoms with Crippen molar-refractivity contribution in [2.24, 2.45) is 0 Å². The van der Waals surface area contributed by atoms with Crippen LogP contribution >= 0.6 is 0 Å². The molecular weight excluding hydrogens is 468 g/mol. The normalized spacial score (nSPS) is 23.5. The van der Waals surface area contributed by atoms with E-state index in [1.807, 2.05) is 43.3 Å². The van der Waals surface area contributed by atoms with Crippen molar-refractivity contribution in [2.45, 2.75) is 51.7 Å². The molecule has 37 heavy (non-hydrogen) atoms. The van der Waals surface area contributed by atoms with Crippen molar-refractivity contribution in [3.05, 3.63) is 70.3 Å². The van der Waals surface area contributed by atoms with Gasteiger partial charge in [0.15, 0.2) is 0 Å². The van der Waals surface area contributed by atoms with Gasteiger partial charge in [0.25, 0.3) is 11.7 Å². The molecule has 0 saturated carbocycles. The average Bonchev–Trinajstić information content (AvgIpc) is 3.40. The van der Waals surface area contributed by atoms with E-state index in [1.54, 1.807) is 11.0 Å². The van der Waals surface area contributed by atoms with Gasteiger partial charge in [-0.3, -0.25) is 14.5 Å². The van der Waals surface area contributed by atoms with E-state index in [0.717, 1.165) is 62.6 Å². The number of benzene rings is 2. The van der Waals surface area contributed by atoms with Gasteiger partial charge in [0.2, 0.25) is 0 Å². The Kier molecular flexibility index (Phi) is 7.36. The molecule has 7 heteroatoms. The number of hydrogen-bond donors (Lipinski definition) is 1. The van der Waals surface area contributed by atoms with Crippen LogP contribution in [-0.4, -0.2) is 72.1 Å². The average molecular weight is 505 g/mol. The summed E-state index contributed by atoms with van der Waals surface area (Å²) in [6, 6.07) is 12.9. The number of ether oxygens (including phenoxy) is 2. The van der Waals surface area contributed by atoms with Gasteiger partial charge in [-0.15, -0.1) is 0 Å². The maximum Gasteiger partial charge on any atom is 0.295 e. The van der Waals surface area contributed by atoms with Gasteiger partial charge in [0, 0.05) is 38.2 Å². The zero-order valence-corrected chi connectivity index (χ0v) is 21.9. The molecule has 5 rings (SSSR count). The van der Waals surface area contributed by atoms with Crippen molar-refractivity contribution in [1.29, 1.82) is 0 Å². The first kappa shape index (κ1) is 25.5. The standard InChI is InChI=1S/C30H36N2O5/c1-19(2)21-5-7-22(8-6-21)27-26(28(33)23-9-10-25-24(18-23)17-20(3)37-25)29(34)30(35)32(27)12-4-11-31-13-15-36-16-14-31/h5-10,18-20,27,33H,4,11-17H2,1-3H3/b28-26-. The SMILES string of the molecule is CC1Cc2cc(/C(O)=C3/C(=O)C(=O)N(CCCN4CCOCC4)C3c3ccc(C(C)C)cc3)ccc2O1. The fourth-order valence-corrected chi connectivity index (χ4v) is 5.53. The van der Waals surface area contributed by atoms with Crippen molar-refractivity contribution in [2.75, 3.05) is 39.4 Å². The monoisotopic (exact) mass is 504 g/mol. The minimum Gasteiger partial charge on any atom is -0.507 e. The highest BCUT2D eigenvalue weighted by Gasteiger charge is 2.46. The Bertz CT molecular complexity index is 1200. The van der Waals surface area contributed by atoms with Gasteiger partial charge in [-0.1, -0.05) is 38.1 Å². The van der Waals surface area contributed by atoms with Gasteiger partial charge in [0.05, 0.1) is 24.8 Å². The zero-order chi connectivity index (χ0) is 26.1. The minimum absolute atomic E-state index is 0.0731. The van der Waals surface area contributed by atoms with E-state index in [2.05, 4.69) is 18.7 Å². The van der Waals surface area contributed by atoms with Crippen molar-refractivity contribution in [3.63, 3.8) is 0 Å². The number of ketones is 1. The van der Waals surface area contributed by atoms with E-state index < -0.39 is 17.7 Å². The molecule has 0 bridgehead atoms. The van der Waals surface area contributed by atoms with Gasteiger partial charge in [-0.05, 0) is 54.2 Å². The Morgan fingerprint density at radius 2 is 1.78 bits per heavy atom. The number of fused-ring (bicyclic) bond motifs is 1. The molecule has 2 atom stereocenters. The molecule has 2 saturated heterocycles. The number of likely N-dealkylation sites (tertiary alicyclic amines) is 1. The molecule has 2 fully saturated rings. The van der Waals surface area contributed by atoms with Crippen molar-refractivity contribution in [1.82, 2.24) is 9.80 Å². The van der Waals surface area contributed by atoms with Gasteiger partial charge in [-0.2, -0.15) is 0 Å². The third-order valence-corrected chi connectivity index (χ3v) is 7.61. The Morgan fingerprint density at radius 1 is 1.05 bits per heavy atom. The van der Waals surface area contributed by atoms with Crippen LogP contribution in [0.3, 0.4) is 0 Å². The third kappa shape index (κ3) is 5.15. The lowest BCUT2D eigenvalue weighted by molar-refractivity contribution is -0.140. The molecule has 3 aliphatic heterocycles. The molecule has 2 aromatic carbocycles. The number of morpholine rings is 1. The summed E-state index contributed by atoms with van der Waals surface area (Å²) in [7, 11) is 0. The van der Waals surface area contributed by atoms with Gasteiger partial charge >= 0.3 is 0 Å². The molecule has 0 aromatic heterocycles. The molecule has 7 nitrogen and oxygen atoms in total. The Hall–Kier alpha value is -3.16. The van der Waals surface area contributed by atoms with E-state index in [-0.39, 0.29) is 17.4 Å². The molecule has 1 N–H and O–H groups in total. The first-order chi connectivity index (χ1) is 17.8. The fraction of sp³-hybridized carbons (Fsp3) is 0.467. The quantitative estimate of drug-likeness (QED) is 0.345. The molecule has 3 heterocycles. The molecule has 0 spiro atoms. The van der Waals surface area contributed by atoms with Crippen molar-refractivity contribution >= 4 is 17.4 Å². The summed E-state index contributed by atoms with van der Waals surface area (Å²) in [6.07, 6.45) is 1.55. The lowest BCUT2D eigenvalue weighted by Crippen LogP contribution is -2.38. The lowest BCUT2D eigenvalue weighted by Gasteiger charge is -2.29. The highest BCUT2D eigenvalue weighted by molar-refractivity contribution is 6.46. The maximum atomic E-state index is 13.4. The molecular formula is C30H36N2O5. The van der Waals surface area contributed by atoms with Crippen LogP contribution in [0.2, 0.25) is 0 Å². The highest BCUT2D eigenvalue weighted by Crippen LogP contribution is 2.41. The summed E-state index contributed by atoms with van der Waals surface area (Å²) in [5.41, 5.74) is 3.69. The second-order valence-electron chi connectivity index (χ2n) is 10.6. The Morgan fingerprint density at radius 3 is 2.49 bits per heavy atom. The van der Waals surface area contributed by atoms with Gasteiger partial charge in [-0.25, -0.2) is 0 Å². The summed E-state index contributed by atoms with van der Waals surface area (Å²) < 4.78 is 11.2. The van der Waals surface area contributed by atoms with Crippen LogP contribution in [0.5, 0.6) is 5.75 Å². The van der Waals surface area contributed by atoms with Crippen LogP contribution in [0.4, 0.5) is 0 Å². The number of carbonyl (C=O) groups is 2. The molecule has 2 unspecified atom stereocenters. The van der Waals surface area contributed by atoms with Crippen LogP contribution in [0.1, 0.15) is 61.4 Å². The van der Waals surface area contributed by atoms with Gasteiger partial charge in [0.1, 0.15) is 17.6 Å². The summed E-state index contributed by atoms with van der Waals surface area (Å²) in [6.45, 7) is 10.7. The number of rotatable bonds is 7. The number of carbonyl (C=O) groups excluding carboxylic acids is 2. The largest absolute Gasteiger partial charge is 0.507 e. The molecule has 0 radical (unpaired) electrons. The number of hydrogen-bond acceptors (Lipinski definition) is 6. The number of amides is 1. The van der Waals surface area contributed by atoms with Crippen LogP contribution in [0, 0.1) is 0 Å². The molecule has 2 aromatic rings.